The predicted octanol–water partition coefficient (Wildman–Crippen LogP) is 6.14. The van der Waals surface area contributed by atoms with Crippen molar-refractivity contribution in [2.75, 3.05) is 19.5 Å². The molecular weight excluding hydrogens is 446 g/mol. The molecule has 0 bridgehead atoms. The van der Waals surface area contributed by atoms with Gasteiger partial charge in [-0.3, -0.25) is 4.79 Å². The number of carbonyl (C=O) groups is 1. The van der Waals surface area contributed by atoms with Crippen LogP contribution in [0.3, 0.4) is 0 Å². The molecule has 158 valence electrons. The van der Waals surface area contributed by atoms with Crippen molar-refractivity contribution in [2.45, 2.75) is 34.1 Å². The normalized spacial score (nSPS) is 10.8. The number of amides is 1. The van der Waals surface area contributed by atoms with Crippen LogP contribution in [0, 0.1) is 27.7 Å². The van der Waals surface area contributed by atoms with Crippen LogP contribution in [0.1, 0.15) is 44.1 Å². The Labute approximate surface area is 185 Å². The average Bonchev–Trinajstić information content (AvgIpc) is 3.23. The number of nitrogens with one attached hydrogen (secondary N) is 1. The van der Waals surface area contributed by atoms with Crippen LogP contribution < -0.4 is 14.8 Å². The highest BCUT2D eigenvalue weighted by Crippen LogP contribution is 2.35. The van der Waals surface area contributed by atoms with Gasteiger partial charge < -0.3 is 19.2 Å². The van der Waals surface area contributed by atoms with Gasteiger partial charge in [-0.15, -0.1) is 0 Å². The number of ether oxygens (including phenoxy) is 2. The van der Waals surface area contributed by atoms with Crippen molar-refractivity contribution in [2.24, 2.45) is 0 Å². The van der Waals surface area contributed by atoms with E-state index in [9.17, 15) is 4.79 Å². The minimum absolute atomic E-state index is 0.235. The number of furan rings is 1. The predicted molar refractivity (Wildman–Crippen MR) is 122 cm³/mol. The number of para-hydroxylation sites is 1. The van der Waals surface area contributed by atoms with Gasteiger partial charge in [-0.25, -0.2) is 0 Å². The topological polar surface area (TPSA) is 60.7 Å². The molecule has 5 nitrogen and oxygen atoms in total. The molecule has 2 aromatic carbocycles. The lowest BCUT2D eigenvalue weighted by Gasteiger charge is -2.17. The molecule has 3 aromatic rings. The van der Waals surface area contributed by atoms with E-state index in [0.29, 0.717) is 23.6 Å². The molecule has 0 aliphatic carbocycles. The van der Waals surface area contributed by atoms with Crippen molar-refractivity contribution >= 4 is 27.5 Å². The fraction of sp³-hybridized carbons (Fsp3) is 0.292. The third-order valence-corrected chi connectivity index (χ3v) is 6.78. The molecule has 1 N–H and O–H groups in total. The fourth-order valence-electron chi connectivity index (χ4n) is 3.53. The molecule has 3 rings (SSSR count). The van der Waals surface area contributed by atoms with Crippen LogP contribution in [0.5, 0.6) is 11.5 Å². The molecule has 0 radical (unpaired) electrons. The van der Waals surface area contributed by atoms with E-state index in [0.717, 1.165) is 10.2 Å². The van der Waals surface area contributed by atoms with Gasteiger partial charge in [0, 0.05) is 10.9 Å². The van der Waals surface area contributed by atoms with Crippen LogP contribution in [0.2, 0.25) is 0 Å². The molecule has 6 heteroatoms. The second-order valence-electron chi connectivity index (χ2n) is 7.23. The van der Waals surface area contributed by atoms with Crippen molar-refractivity contribution in [1.29, 1.82) is 0 Å². The maximum Gasteiger partial charge on any atom is 0.291 e. The number of methoxy groups -OCH3 is 2. The molecule has 0 unspecified atom stereocenters. The number of benzene rings is 2. The zero-order valence-corrected chi connectivity index (χ0v) is 19.7. The molecule has 0 saturated heterocycles. The Bertz CT molecular complexity index is 1050. The molecule has 1 amide bonds. The van der Waals surface area contributed by atoms with E-state index >= 15 is 0 Å². The summed E-state index contributed by atoms with van der Waals surface area (Å²) in [5.41, 5.74) is 6.59. The third-order valence-electron chi connectivity index (χ3n) is 5.59. The molecule has 0 saturated carbocycles. The highest BCUT2D eigenvalue weighted by atomic mass is 79.9. The zero-order chi connectivity index (χ0) is 22.0. The Hall–Kier alpha value is -2.73. The maximum absolute atomic E-state index is 12.8. The van der Waals surface area contributed by atoms with Crippen LogP contribution in [0.25, 0.3) is 0 Å². The molecule has 30 heavy (non-hydrogen) atoms. The number of carbonyl (C=O) groups excluding carboxylic acids is 1. The van der Waals surface area contributed by atoms with Gasteiger partial charge in [0.2, 0.25) is 0 Å². The summed E-state index contributed by atoms with van der Waals surface area (Å²) in [5.74, 6) is 1.64. The van der Waals surface area contributed by atoms with Crippen molar-refractivity contribution in [3.8, 4) is 11.5 Å². The van der Waals surface area contributed by atoms with Crippen LogP contribution in [0.15, 0.2) is 39.2 Å². The van der Waals surface area contributed by atoms with Crippen LogP contribution >= 0.6 is 15.9 Å². The Morgan fingerprint density at radius 3 is 2.03 bits per heavy atom. The summed E-state index contributed by atoms with van der Waals surface area (Å²) in [6.07, 6.45) is 0.623. The van der Waals surface area contributed by atoms with Crippen LogP contribution in [-0.2, 0) is 6.42 Å². The van der Waals surface area contributed by atoms with E-state index in [1.165, 1.54) is 27.8 Å². The third kappa shape index (κ3) is 4.10. The van der Waals surface area contributed by atoms with E-state index < -0.39 is 0 Å². The first-order valence-corrected chi connectivity index (χ1v) is 10.4. The molecule has 0 aliphatic heterocycles. The molecule has 0 atom stereocenters. The van der Waals surface area contributed by atoms with Crippen LogP contribution in [0.4, 0.5) is 5.69 Å². The van der Waals surface area contributed by atoms with Crippen molar-refractivity contribution < 1.29 is 18.7 Å². The molecule has 0 fully saturated rings. The lowest BCUT2D eigenvalue weighted by Crippen LogP contribution is -2.12. The maximum atomic E-state index is 12.8. The highest BCUT2D eigenvalue weighted by Gasteiger charge is 2.19. The summed E-state index contributed by atoms with van der Waals surface area (Å²) >= 11 is 3.68. The van der Waals surface area contributed by atoms with E-state index in [4.69, 9.17) is 13.9 Å². The van der Waals surface area contributed by atoms with Gasteiger partial charge in [0.25, 0.3) is 5.91 Å². The molecular formula is C24H26BrNO4. The number of rotatable bonds is 6. The van der Waals surface area contributed by atoms with Gasteiger partial charge in [-0.05, 0) is 79.8 Å². The summed E-state index contributed by atoms with van der Waals surface area (Å²) in [6.45, 7) is 8.45. The SMILES string of the molecule is COc1cccc(OC)c1NC(=O)c1ccc(Cc2c(C)c(C)c(Br)c(C)c2C)o1. The second kappa shape index (κ2) is 8.96. The number of halogens is 1. The highest BCUT2D eigenvalue weighted by molar-refractivity contribution is 9.10. The van der Waals surface area contributed by atoms with Gasteiger partial charge in [-0.1, -0.05) is 22.0 Å². The summed E-state index contributed by atoms with van der Waals surface area (Å²) in [7, 11) is 3.09. The standard InChI is InChI=1S/C24H26BrNO4/c1-13-15(3)22(25)16(4)14(2)18(13)12-17-10-11-21(30-17)24(27)26-23-19(28-5)8-7-9-20(23)29-6/h7-11H,12H2,1-6H3,(H,26,27). The van der Waals surface area contributed by atoms with Crippen molar-refractivity contribution in [3.63, 3.8) is 0 Å². The van der Waals surface area contributed by atoms with E-state index in [1.807, 2.05) is 6.07 Å². The Morgan fingerprint density at radius 1 is 0.933 bits per heavy atom. The van der Waals surface area contributed by atoms with Gasteiger partial charge in [0.1, 0.15) is 22.9 Å². The van der Waals surface area contributed by atoms with Gasteiger partial charge in [0.05, 0.1) is 14.2 Å². The van der Waals surface area contributed by atoms with E-state index in [1.54, 1.807) is 38.5 Å². The summed E-state index contributed by atoms with van der Waals surface area (Å²) in [5, 5.41) is 2.83. The minimum Gasteiger partial charge on any atom is -0.494 e. The first-order valence-electron chi connectivity index (χ1n) is 9.64. The van der Waals surface area contributed by atoms with Gasteiger partial charge in [-0.2, -0.15) is 0 Å². The average molecular weight is 472 g/mol. The molecule has 0 aliphatic rings. The Balaban J connectivity index is 1.86. The lowest BCUT2D eigenvalue weighted by atomic mass is 9.92. The van der Waals surface area contributed by atoms with Gasteiger partial charge >= 0.3 is 0 Å². The number of hydrogen-bond acceptors (Lipinski definition) is 4. The van der Waals surface area contributed by atoms with Crippen LogP contribution in [-0.4, -0.2) is 20.1 Å². The van der Waals surface area contributed by atoms with E-state index in [2.05, 4.69) is 48.9 Å². The fourth-order valence-corrected chi connectivity index (χ4v) is 4.12. The van der Waals surface area contributed by atoms with Crippen molar-refractivity contribution in [3.05, 3.63) is 74.1 Å². The van der Waals surface area contributed by atoms with Crippen molar-refractivity contribution in [1.82, 2.24) is 0 Å². The lowest BCUT2D eigenvalue weighted by molar-refractivity contribution is 0.0994. The summed E-state index contributed by atoms with van der Waals surface area (Å²) in [4.78, 5) is 12.8. The zero-order valence-electron chi connectivity index (χ0n) is 18.1. The monoisotopic (exact) mass is 471 g/mol. The largest absolute Gasteiger partial charge is 0.494 e. The Kier molecular flexibility index (Phi) is 6.56. The quantitative estimate of drug-likeness (QED) is 0.469. The van der Waals surface area contributed by atoms with E-state index in [-0.39, 0.29) is 11.7 Å². The van der Waals surface area contributed by atoms with Gasteiger partial charge in [0.15, 0.2) is 5.76 Å². The second-order valence-corrected chi connectivity index (χ2v) is 8.02. The minimum atomic E-state index is -0.360. The molecule has 0 spiro atoms. The number of hydrogen-bond donors (Lipinski definition) is 1. The molecule has 1 aromatic heterocycles. The smallest absolute Gasteiger partial charge is 0.291 e. The first kappa shape index (κ1) is 22.0. The first-order chi connectivity index (χ1) is 14.3. The number of anilines is 1. The summed E-state index contributed by atoms with van der Waals surface area (Å²) in [6, 6.07) is 8.85. The Morgan fingerprint density at radius 2 is 1.50 bits per heavy atom. The molecule has 1 heterocycles. The summed E-state index contributed by atoms with van der Waals surface area (Å²) < 4.78 is 17.7.